The van der Waals surface area contributed by atoms with Gasteiger partial charge in [0.1, 0.15) is 0 Å². The molecule has 15 heavy (non-hydrogen) atoms. The van der Waals surface area contributed by atoms with Crippen LogP contribution in [0, 0.1) is 6.92 Å². The minimum atomic E-state index is -0.809. The highest BCUT2D eigenvalue weighted by Gasteiger charge is 2.04. The number of fused-ring (bicyclic) bond motifs is 1. The zero-order valence-electron chi connectivity index (χ0n) is 8.06. The molecule has 0 unspecified atom stereocenters. The van der Waals surface area contributed by atoms with E-state index < -0.39 is 5.97 Å². The molecular weight excluding hydrogens is 234 g/mol. The van der Waals surface area contributed by atoms with Crippen LogP contribution in [-0.4, -0.2) is 16.1 Å². The van der Waals surface area contributed by atoms with E-state index in [1.807, 2.05) is 25.1 Å². The van der Waals surface area contributed by atoms with Gasteiger partial charge in [-0.15, -0.1) is 23.7 Å². The van der Waals surface area contributed by atoms with Crippen LogP contribution < -0.4 is 0 Å². The Labute approximate surface area is 97.2 Å². The van der Waals surface area contributed by atoms with Crippen molar-refractivity contribution in [2.75, 3.05) is 0 Å². The van der Waals surface area contributed by atoms with Crippen molar-refractivity contribution >= 4 is 39.9 Å². The molecule has 0 radical (unpaired) electrons. The standard InChI is InChI=1S/C10H9NO2S.ClH/c1-6-11-8-4-7(5-10(12)13)2-3-9(8)14-6;/h2-4H,5H2,1H3,(H,12,13);1H. The molecule has 3 nitrogen and oxygen atoms in total. The summed E-state index contributed by atoms with van der Waals surface area (Å²) in [6.07, 6.45) is 0.0620. The fourth-order valence-corrected chi connectivity index (χ4v) is 2.18. The average Bonchev–Trinajstić information content (AvgIpc) is 2.42. The number of carbonyl (C=O) groups is 1. The molecule has 0 atom stereocenters. The van der Waals surface area contributed by atoms with E-state index in [4.69, 9.17) is 5.11 Å². The molecule has 1 aromatic heterocycles. The van der Waals surface area contributed by atoms with Gasteiger partial charge in [-0.05, 0) is 24.6 Å². The van der Waals surface area contributed by atoms with Crippen LogP contribution in [0.3, 0.4) is 0 Å². The first-order valence-corrected chi connectivity index (χ1v) is 5.04. The summed E-state index contributed by atoms with van der Waals surface area (Å²) in [6, 6.07) is 5.61. The van der Waals surface area contributed by atoms with Gasteiger partial charge in [-0.3, -0.25) is 4.79 Å². The Morgan fingerprint density at radius 2 is 2.27 bits per heavy atom. The Bertz CT molecular complexity index is 495. The van der Waals surface area contributed by atoms with Gasteiger partial charge in [0.25, 0.3) is 0 Å². The molecule has 0 aliphatic heterocycles. The van der Waals surface area contributed by atoms with Crippen molar-refractivity contribution in [2.45, 2.75) is 13.3 Å². The molecule has 0 saturated heterocycles. The number of aliphatic carboxylic acids is 1. The molecule has 0 fully saturated rings. The minimum absolute atomic E-state index is 0. The maximum Gasteiger partial charge on any atom is 0.307 e. The molecule has 1 aromatic carbocycles. The van der Waals surface area contributed by atoms with E-state index in [1.54, 1.807) is 11.3 Å². The average molecular weight is 244 g/mol. The van der Waals surface area contributed by atoms with Crippen molar-refractivity contribution in [1.82, 2.24) is 4.98 Å². The number of aromatic nitrogens is 1. The highest BCUT2D eigenvalue weighted by molar-refractivity contribution is 7.18. The molecule has 0 saturated carbocycles. The summed E-state index contributed by atoms with van der Waals surface area (Å²) in [5.41, 5.74) is 1.70. The molecule has 5 heteroatoms. The topological polar surface area (TPSA) is 50.2 Å². The van der Waals surface area contributed by atoms with Crippen molar-refractivity contribution in [1.29, 1.82) is 0 Å². The number of carboxylic acid groups (broad SMARTS) is 1. The molecular formula is C10H10ClNO2S. The zero-order chi connectivity index (χ0) is 10.1. The van der Waals surface area contributed by atoms with Crippen LogP contribution in [0.4, 0.5) is 0 Å². The lowest BCUT2D eigenvalue weighted by Crippen LogP contribution is -1.99. The number of hydrogen-bond donors (Lipinski definition) is 1. The molecule has 0 spiro atoms. The number of halogens is 1. The Balaban J connectivity index is 0.00000112. The summed E-state index contributed by atoms with van der Waals surface area (Å²) in [5.74, 6) is -0.809. The van der Waals surface area contributed by atoms with E-state index in [2.05, 4.69) is 4.98 Å². The third-order valence-electron chi connectivity index (χ3n) is 1.91. The van der Waals surface area contributed by atoms with Gasteiger partial charge in [-0.2, -0.15) is 0 Å². The smallest absolute Gasteiger partial charge is 0.307 e. The lowest BCUT2D eigenvalue weighted by molar-refractivity contribution is -0.136. The van der Waals surface area contributed by atoms with Crippen LogP contribution in [0.15, 0.2) is 18.2 Å². The van der Waals surface area contributed by atoms with Gasteiger partial charge in [0.15, 0.2) is 0 Å². The van der Waals surface area contributed by atoms with Gasteiger partial charge < -0.3 is 5.11 Å². The first-order valence-electron chi connectivity index (χ1n) is 4.23. The summed E-state index contributed by atoms with van der Waals surface area (Å²) in [7, 11) is 0. The van der Waals surface area contributed by atoms with Crippen molar-refractivity contribution in [2.24, 2.45) is 0 Å². The summed E-state index contributed by atoms with van der Waals surface area (Å²) in [6.45, 7) is 1.95. The van der Waals surface area contributed by atoms with Gasteiger partial charge in [-0.25, -0.2) is 4.98 Å². The van der Waals surface area contributed by atoms with Crippen LogP contribution in [0.2, 0.25) is 0 Å². The lowest BCUT2D eigenvalue weighted by atomic mass is 10.1. The zero-order valence-corrected chi connectivity index (χ0v) is 9.69. The second-order valence-corrected chi connectivity index (χ2v) is 4.34. The van der Waals surface area contributed by atoms with Crippen molar-refractivity contribution in [3.63, 3.8) is 0 Å². The van der Waals surface area contributed by atoms with E-state index in [-0.39, 0.29) is 18.8 Å². The van der Waals surface area contributed by atoms with Crippen molar-refractivity contribution < 1.29 is 9.90 Å². The van der Waals surface area contributed by atoms with Crippen LogP contribution in [0.25, 0.3) is 10.2 Å². The van der Waals surface area contributed by atoms with Crippen molar-refractivity contribution in [3.05, 3.63) is 28.8 Å². The summed E-state index contributed by atoms with van der Waals surface area (Å²) in [5, 5.41) is 9.63. The number of rotatable bonds is 2. The fraction of sp³-hybridized carbons (Fsp3) is 0.200. The Morgan fingerprint density at radius 1 is 1.53 bits per heavy atom. The molecule has 0 aliphatic rings. The van der Waals surface area contributed by atoms with Crippen LogP contribution in [-0.2, 0) is 11.2 Å². The molecule has 0 amide bonds. The number of nitrogens with zero attached hydrogens (tertiary/aromatic N) is 1. The number of aryl methyl sites for hydroxylation is 1. The van der Waals surface area contributed by atoms with Crippen LogP contribution >= 0.6 is 23.7 Å². The summed E-state index contributed by atoms with van der Waals surface area (Å²) in [4.78, 5) is 14.8. The van der Waals surface area contributed by atoms with Gasteiger partial charge in [0, 0.05) is 0 Å². The second-order valence-electron chi connectivity index (χ2n) is 3.11. The van der Waals surface area contributed by atoms with Gasteiger partial charge in [0.2, 0.25) is 0 Å². The maximum atomic E-state index is 10.5. The third kappa shape index (κ3) is 2.67. The minimum Gasteiger partial charge on any atom is -0.481 e. The van der Waals surface area contributed by atoms with Gasteiger partial charge in [0.05, 0.1) is 21.6 Å². The van der Waals surface area contributed by atoms with E-state index in [9.17, 15) is 4.79 Å². The van der Waals surface area contributed by atoms with Crippen molar-refractivity contribution in [3.8, 4) is 0 Å². The predicted octanol–water partition coefficient (Wildman–Crippen LogP) is 2.65. The SMILES string of the molecule is Cc1nc2cc(CC(=O)O)ccc2s1.Cl. The third-order valence-corrected chi connectivity index (χ3v) is 2.87. The maximum absolute atomic E-state index is 10.5. The fourth-order valence-electron chi connectivity index (χ4n) is 1.37. The summed E-state index contributed by atoms with van der Waals surface area (Å²) < 4.78 is 1.11. The molecule has 2 aromatic rings. The van der Waals surface area contributed by atoms with Crippen LogP contribution in [0.5, 0.6) is 0 Å². The largest absolute Gasteiger partial charge is 0.481 e. The van der Waals surface area contributed by atoms with E-state index in [1.165, 1.54) is 0 Å². The normalized spacial score (nSPS) is 9.93. The molecule has 80 valence electrons. The van der Waals surface area contributed by atoms with Crippen LogP contribution in [0.1, 0.15) is 10.6 Å². The number of benzene rings is 1. The first kappa shape index (κ1) is 11.9. The van der Waals surface area contributed by atoms with Gasteiger partial charge >= 0.3 is 5.97 Å². The van der Waals surface area contributed by atoms with E-state index >= 15 is 0 Å². The Hall–Kier alpha value is -1.13. The Morgan fingerprint density at radius 3 is 2.93 bits per heavy atom. The lowest BCUT2D eigenvalue weighted by Gasteiger charge is -1.95. The molecule has 1 heterocycles. The molecule has 0 bridgehead atoms. The number of hydrogen-bond acceptors (Lipinski definition) is 3. The first-order chi connectivity index (χ1) is 6.65. The second kappa shape index (κ2) is 4.59. The highest BCUT2D eigenvalue weighted by atomic mass is 35.5. The summed E-state index contributed by atoms with van der Waals surface area (Å²) >= 11 is 1.62. The number of carboxylic acids is 1. The quantitative estimate of drug-likeness (QED) is 0.882. The monoisotopic (exact) mass is 243 g/mol. The van der Waals surface area contributed by atoms with E-state index in [0.29, 0.717) is 0 Å². The highest BCUT2D eigenvalue weighted by Crippen LogP contribution is 2.22. The molecule has 1 N–H and O–H groups in total. The molecule has 0 aliphatic carbocycles. The Kier molecular flexibility index (Phi) is 3.66. The number of thiazole rings is 1. The molecule has 2 rings (SSSR count). The van der Waals surface area contributed by atoms with E-state index in [0.717, 1.165) is 20.8 Å². The van der Waals surface area contributed by atoms with Gasteiger partial charge in [-0.1, -0.05) is 6.07 Å². The predicted molar refractivity (Wildman–Crippen MR) is 62.9 cm³/mol.